The second-order valence-electron chi connectivity index (χ2n) is 4.23. The zero-order valence-electron chi connectivity index (χ0n) is 8.29. The first kappa shape index (κ1) is 10.0. The highest BCUT2D eigenvalue weighted by molar-refractivity contribution is 4.83. The summed E-state index contributed by atoms with van der Waals surface area (Å²) in [6.07, 6.45) is 4.73. The van der Waals surface area contributed by atoms with Crippen LogP contribution in [0.1, 0.15) is 26.7 Å². The van der Waals surface area contributed by atoms with Gasteiger partial charge in [-0.25, -0.2) is 0 Å². The van der Waals surface area contributed by atoms with Crippen LogP contribution in [0.4, 0.5) is 0 Å². The van der Waals surface area contributed by atoms with Gasteiger partial charge >= 0.3 is 0 Å². The molecule has 0 aromatic heterocycles. The van der Waals surface area contributed by atoms with Gasteiger partial charge in [0, 0.05) is 19.1 Å². The molecule has 0 aromatic rings. The van der Waals surface area contributed by atoms with Crippen molar-refractivity contribution >= 4 is 0 Å². The molecule has 0 spiro atoms. The number of rotatable bonds is 4. The molecule has 1 aliphatic rings. The molecule has 0 aliphatic carbocycles. The third-order valence-corrected chi connectivity index (χ3v) is 2.30. The Bertz CT molecular complexity index is 117. The number of likely N-dealkylation sites (tertiary alicyclic amines) is 1. The molecular weight excluding hydrogens is 148 g/mol. The van der Waals surface area contributed by atoms with Crippen molar-refractivity contribution in [3.8, 4) is 0 Å². The average molecular weight is 169 g/mol. The molecule has 0 amide bonds. The molecule has 0 unspecified atom stereocenters. The average Bonchev–Trinajstić information content (AvgIpc) is 2.37. The third kappa shape index (κ3) is 3.55. The maximum absolute atomic E-state index is 6.00. The zero-order valence-corrected chi connectivity index (χ0v) is 8.29. The van der Waals surface area contributed by atoms with E-state index < -0.39 is 0 Å². The third-order valence-electron chi connectivity index (χ3n) is 2.30. The Hall–Kier alpha value is -0.0800. The second kappa shape index (κ2) is 4.83. The monoisotopic (exact) mass is 169 g/mol. The van der Waals surface area contributed by atoms with Gasteiger partial charge in [0.1, 0.15) is 0 Å². The van der Waals surface area contributed by atoms with Gasteiger partial charge in [0.2, 0.25) is 0 Å². The first-order valence-electron chi connectivity index (χ1n) is 4.98. The summed E-state index contributed by atoms with van der Waals surface area (Å²) >= 11 is 0. The van der Waals surface area contributed by atoms with Gasteiger partial charge in [0.15, 0.2) is 0 Å². The number of nitrogens with zero attached hydrogens (tertiary/aromatic N) is 1. The van der Waals surface area contributed by atoms with Crippen molar-refractivity contribution in [2.45, 2.75) is 32.7 Å². The zero-order chi connectivity index (χ0) is 8.97. The predicted octanol–water partition coefficient (Wildman–Crippen LogP) is 1.27. The first-order chi connectivity index (χ1) is 5.68. The van der Waals surface area contributed by atoms with Crippen LogP contribution in [0, 0.1) is 12.3 Å². The normalized spacial score (nSPS) is 22.0. The Labute approximate surface area is 76.1 Å². The van der Waals surface area contributed by atoms with Crippen molar-refractivity contribution in [2.75, 3.05) is 19.6 Å². The fourth-order valence-electron chi connectivity index (χ4n) is 1.82. The van der Waals surface area contributed by atoms with Crippen LogP contribution in [0.15, 0.2) is 0 Å². The minimum atomic E-state index is 0.372. The van der Waals surface area contributed by atoms with Gasteiger partial charge in [-0.15, -0.1) is 0 Å². The quantitative estimate of drug-likeness (QED) is 0.686. The predicted molar refractivity (Wildman–Crippen MR) is 52.8 cm³/mol. The lowest BCUT2D eigenvalue weighted by Crippen LogP contribution is -2.36. The molecule has 1 radical (unpaired) electrons. The molecule has 1 saturated heterocycles. The molecule has 0 aromatic carbocycles. The van der Waals surface area contributed by atoms with E-state index in [0.29, 0.717) is 6.04 Å². The van der Waals surface area contributed by atoms with Crippen LogP contribution in [0.25, 0.3) is 0 Å². The minimum Gasteiger partial charge on any atom is -0.327 e. The summed E-state index contributed by atoms with van der Waals surface area (Å²) in [5.74, 6) is 0.728. The van der Waals surface area contributed by atoms with E-state index in [4.69, 9.17) is 5.73 Å². The van der Waals surface area contributed by atoms with E-state index in [0.717, 1.165) is 25.4 Å². The highest BCUT2D eigenvalue weighted by atomic mass is 15.1. The molecule has 12 heavy (non-hydrogen) atoms. The Kier molecular flexibility index (Phi) is 4.02. The molecule has 1 fully saturated rings. The van der Waals surface area contributed by atoms with E-state index >= 15 is 0 Å². The van der Waals surface area contributed by atoms with Crippen molar-refractivity contribution in [3.05, 3.63) is 6.42 Å². The Morgan fingerprint density at radius 3 is 2.75 bits per heavy atom. The van der Waals surface area contributed by atoms with Gasteiger partial charge in [0.25, 0.3) is 0 Å². The van der Waals surface area contributed by atoms with E-state index in [-0.39, 0.29) is 0 Å². The molecule has 71 valence electrons. The Morgan fingerprint density at radius 1 is 1.50 bits per heavy atom. The number of hydrogen-bond acceptors (Lipinski definition) is 2. The van der Waals surface area contributed by atoms with Crippen molar-refractivity contribution in [1.82, 2.24) is 4.90 Å². The fraction of sp³-hybridized carbons (Fsp3) is 0.900. The Morgan fingerprint density at radius 2 is 2.25 bits per heavy atom. The lowest BCUT2D eigenvalue weighted by molar-refractivity contribution is 0.300. The molecule has 0 bridgehead atoms. The molecular formula is C10H21N2. The summed E-state index contributed by atoms with van der Waals surface area (Å²) in [5, 5.41) is 0. The van der Waals surface area contributed by atoms with Crippen LogP contribution in [0.5, 0.6) is 0 Å². The molecule has 0 saturated carbocycles. The lowest BCUT2D eigenvalue weighted by atomic mass is 10.0. The summed E-state index contributed by atoms with van der Waals surface area (Å²) in [5.41, 5.74) is 6.00. The topological polar surface area (TPSA) is 29.3 Å². The SMILES string of the molecule is CC(C)C[C@H](N)CN1C[CH]CC1. The molecule has 1 heterocycles. The van der Waals surface area contributed by atoms with E-state index in [1.807, 2.05) is 0 Å². The molecule has 1 aliphatic heterocycles. The molecule has 2 N–H and O–H groups in total. The second-order valence-corrected chi connectivity index (χ2v) is 4.23. The summed E-state index contributed by atoms with van der Waals surface area (Å²) in [7, 11) is 0. The summed E-state index contributed by atoms with van der Waals surface area (Å²) in [6, 6.07) is 0.372. The number of nitrogens with two attached hydrogens (primary N) is 1. The summed E-state index contributed by atoms with van der Waals surface area (Å²) in [4.78, 5) is 2.44. The summed E-state index contributed by atoms with van der Waals surface area (Å²) < 4.78 is 0. The van der Waals surface area contributed by atoms with Gasteiger partial charge in [-0.05, 0) is 31.7 Å². The van der Waals surface area contributed by atoms with E-state index in [9.17, 15) is 0 Å². The van der Waals surface area contributed by atoms with Crippen LogP contribution < -0.4 is 5.73 Å². The van der Waals surface area contributed by atoms with Gasteiger partial charge in [-0.2, -0.15) is 0 Å². The largest absolute Gasteiger partial charge is 0.327 e. The summed E-state index contributed by atoms with van der Waals surface area (Å²) in [6.45, 7) is 7.90. The van der Waals surface area contributed by atoms with E-state index in [2.05, 4.69) is 25.2 Å². The Balaban J connectivity index is 2.11. The molecule has 2 heteroatoms. The highest BCUT2D eigenvalue weighted by Gasteiger charge is 2.15. The van der Waals surface area contributed by atoms with Gasteiger partial charge in [0.05, 0.1) is 0 Å². The van der Waals surface area contributed by atoms with Crippen LogP contribution in [-0.4, -0.2) is 30.6 Å². The van der Waals surface area contributed by atoms with Gasteiger partial charge < -0.3 is 10.6 Å². The van der Waals surface area contributed by atoms with Crippen molar-refractivity contribution in [2.24, 2.45) is 11.7 Å². The minimum absolute atomic E-state index is 0.372. The van der Waals surface area contributed by atoms with Crippen LogP contribution >= 0.6 is 0 Å². The maximum Gasteiger partial charge on any atom is 0.0170 e. The van der Waals surface area contributed by atoms with Crippen molar-refractivity contribution < 1.29 is 0 Å². The lowest BCUT2D eigenvalue weighted by Gasteiger charge is -2.21. The first-order valence-corrected chi connectivity index (χ1v) is 4.98. The maximum atomic E-state index is 6.00. The van der Waals surface area contributed by atoms with Crippen molar-refractivity contribution in [3.63, 3.8) is 0 Å². The van der Waals surface area contributed by atoms with E-state index in [1.165, 1.54) is 13.0 Å². The van der Waals surface area contributed by atoms with Gasteiger partial charge in [-0.1, -0.05) is 13.8 Å². The molecule has 1 rings (SSSR count). The fourth-order valence-corrected chi connectivity index (χ4v) is 1.82. The smallest absolute Gasteiger partial charge is 0.0170 e. The standard InChI is InChI=1S/C10H21N2/c1-9(2)7-10(11)8-12-5-3-4-6-12/h3,9-10H,4-8,11H2,1-2H3/t10-/m0/s1. The van der Waals surface area contributed by atoms with Crippen LogP contribution in [-0.2, 0) is 0 Å². The van der Waals surface area contributed by atoms with E-state index in [1.54, 1.807) is 0 Å². The highest BCUT2D eigenvalue weighted by Crippen LogP contribution is 2.09. The van der Waals surface area contributed by atoms with Crippen LogP contribution in [0.3, 0.4) is 0 Å². The van der Waals surface area contributed by atoms with Crippen molar-refractivity contribution in [1.29, 1.82) is 0 Å². The molecule has 1 atom stereocenters. The number of hydrogen-bond donors (Lipinski definition) is 1. The van der Waals surface area contributed by atoms with Gasteiger partial charge in [-0.3, -0.25) is 0 Å². The molecule has 2 nitrogen and oxygen atoms in total. The van der Waals surface area contributed by atoms with Crippen LogP contribution in [0.2, 0.25) is 0 Å².